The molecule has 0 heterocycles. The lowest BCUT2D eigenvalue weighted by Crippen LogP contribution is -2.40. The number of hydrogen-bond acceptors (Lipinski definition) is 4. The van der Waals surface area contributed by atoms with E-state index in [1.54, 1.807) is 0 Å². The topological polar surface area (TPSA) is 98.3 Å². The van der Waals surface area contributed by atoms with Crippen LogP contribution in [0.2, 0.25) is 0 Å². The van der Waals surface area contributed by atoms with Gasteiger partial charge in [-0.05, 0) is 54.0 Å². The number of halogens is 2. The Bertz CT molecular complexity index is 541. The van der Waals surface area contributed by atoms with Gasteiger partial charge in [-0.3, -0.25) is 14.9 Å². The van der Waals surface area contributed by atoms with E-state index in [0.29, 0.717) is 21.6 Å². The van der Waals surface area contributed by atoms with Gasteiger partial charge in [0.05, 0.1) is 10.5 Å². The summed E-state index contributed by atoms with van der Waals surface area (Å²) in [5.41, 5.74) is 6.16. The van der Waals surface area contributed by atoms with Gasteiger partial charge in [0.1, 0.15) is 0 Å². The van der Waals surface area contributed by atoms with E-state index in [1.165, 1.54) is 18.2 Å². The highest BCUT2D eigenvalue weighted by atomic mass is 127. The van der Waals surface area contributed by atoms with Crippen LogP contribution in [0.15, 0.2) is 18.2 Å². The molecule has 116 valence electrons. The van der Waals surface area contributed by atoms with Gasteiger partial charge in [0.2, 0.25) is 0 Å². The Balaban J connectivity index is 0.00000220. The monoisotopic (exact) mass is 425 g/mol. The van der Waals surface area contributed by atoms with Crippen molar-refractivity contribution in [2.45, 2.75) is 25.3 Å². The molecule has 1 aliphatic carbocycles. The fourth-order valence-electron chi connectivity index (χ4n) is 2.56. The molecule has 3 N–H and O–H groups in total. The quantitative estimate of drug-likeness (QED) is 0.440. The Morgan fingerprint density at radius 1 is 1.48 bits per heavy atom. The average Bonchev–Trinajstić information content (AvgIpc) is 2.85. The molecular weight excluding hydrogens is 409 g/mol. The van der Waals surface area contributed by atoms with Crippen LogP contribution in [0, 0.1) is 19.6 Å². The average molecular weight is 426 g/mol. The maximum Gasteiger partial charge on any atom is 0.270 e. The van der Waals surface area contributed by atoms with Gasteiger partial charge in [0.25, 0.3) is 11.6 Å². The van der Waals surface area contributed by atoms with Gasteiger partial charge in [-0.25, -0.2) is 0 Å². The minimum Gasteiger partial charge on any atom is -0.349 e. The minimum atomic E-state index is -0.467. The second-order valence-electron chi connectivity index (χ2n) is 4.93. The molecule has 0 saturated heterocycles. The summed E-state index contributed by atoms with van der Waals surface area (Å²) in [7, 11) is 0. The van der Waals surface area contributed by atoms with Crippen LogP contribution in [0.4, 0.5) is 5.69 Å². The molecule has 8 heteroatoms. The van der Waals surface area contributed by atoms with Crippen molar-refractivity contribution < 1.29 is 9.72 Å². The lowest BCUT2D eigenvalue weighted by Gasteiger charge is -2.19. The van der Waals surface area contributed by atoms with E-state index in [9.17, 15) is 14.9 Å². The summed E-state index contributed by atoms with van der Waals surface area (Å²) in [6.45, 7) is 0.572. The van der Waals surface area contributed by atoms with Gasteiger partial charge < -0.3 is 11.1 Å². The third-order valence-electron chi connectivity index (χ3n) is 3.69. The first-order valence-electron chi connectivity index (χ1n) is 6.47. The van der Waals surface area contributed by atoms with Crippen molar-refractivity contribution >= 4 is 46.6 Å². The van der Waals surface area contributed by atoms with Gasteiger partial charge in [0.15, 0.2) is 0 Å². The largest absolute Gasteiger partial charge is 0.349 e. The summed E-state index contributed by atoms with van der Waals surface area (Å²) in [4.78, 5) is 22.5. The van der Waals surface area contributed by atoms with Crippen molar-refractivity contribution in [3.8, 4) is 0 Å². The predicted octanol–water partition coefficient (Wildman–Crippen LogP) is 2.48. The molecule has 1 fully saturated rings. The fourth-order valence-corrected chi connectivity index (χ4v) is 3.30. The maximum atomic E-state index is 12.2. The zero-order chi connectivity index (χ0) is 14.7. The van der Waals surface area contributed by atoms with E-state index in [4.69, 9.17) is 5.73 Å². The molecule has 1 saturated carbocycles. The highest BCUT2D eigenvalue weighted by Crippen LogP contribution is 2.26. The normalized spacial score (nSPS) is 20.7. The predicted molar refractivity (Wildman–Crippen MR) is 90.7 cm³/mol. The molecule has 0 aromatic heterocycles. The summed E-state index contributed by atoms with van der Waals surface area (Å²) >= 11 is 1.95. The Kier molecular flexibility index (Phi) is 6.82. The minimum absolute atomic E-state index is 0. The second kappa shape index (κ2) is 7.90. The first kappa shape index (κ1) is 18.1. The van der Waals surface area contributed by atoms with Crippen molar-refractivity contribution in [1.82, 2.24) is 5.32 Å². The van der Waals surface area contributed by atoms with Crippen molar-refractivity contribution in [3.63, 3.8) is 0 Å². The standard InChI is InChI=1S/C13H16IN3O3.ClH/c14-11-6-9(17(19)20)4-5-10(11)13(18)16-12-3-1-2-8(12)7-15;/h4-6,8,12H,1-3,7,15H2,(H,16,18);1H. The molecule has 6 nitrogen and oxygen atoms in total. The molecule has 1 aromatic rings. The molecule has 0 bridgehead atoms. The Morgan fingerprint density at radius 2 is 2.19 bits per heavy atom. The van der Waals surface area contributed by atoms with Crippen LogP contribution in [0.5, 0.6) is 0 Å². The van der Waals surface area contributed by atoms with E-state index in [0.717, 1.165) is 19.3 Å². The lowest BCUT2D eigenvalue weighted by molar-refractivity contribution is -0.384. The molecular formula is C13H17ClIN3O3. The smallest absolute Gasteiger partial charge is 0.270 e. The molecule has 0 radical (unpaired) electrons. The molecule has 0 spiro atoms. The number of benzene rings is 1. The van der Waals surface area contributed by atoms with E-state index >= 15 is 0 Å². The number of amides is 1. The molecule has 2 rings (SSSR count). The number of nitro benzene ring substituents is 1. The SMILES string of the molecule is Cl.NCC1CCCC1NC(=O)c1ccc([N+](=O)[O-])cc1I. The van der Waals surface area contributed by atoms with Crippen molar-refractivity contribution in [2.75, 3.05) is 6.54 Å². The third kappa shape index (κ3) is 4.27. The first-order valence-corrected chi connectivity index (χ1v) is 7.55. The molecule has 1 aliphatic rings. The van der Waals surface area contributed by atoms with Crippen molar-refractivity contribution in [1.29, 1.82) is 0 Å². The number of non-ortho nitro benzene ring substituents is 1. The summed E-state index contributed by atoms with van der Waals surface area (Å²) in [5, 5.41) is 13.7. The van der Waals surface area contributed by atoms with E-state index in [1.807, 2.05) is 22.6 Å². The Labute approximate surface area is 142 Å². The number of nitrogens with zero attached hydrogens (tertiary/aromatic N) is 1. The Hall–Kier alpha value is -0.930. The third-order valence-corrected chi connectivity index (χ3v) is 4.58. The highest BCUT2D eigenvalue weighted by molar-refractivity contribution is 14.1. The van der Waals surface area contributed by atoms with E-state index in [2.05, 4.69) is 5.32 Å². The second-order valence-corrected chi connectivity index (χ2v) is 6.09. The van der Waals surface area contributed by atoms with Crippen molar-refractivity contribution in [2.24, 2.45) is 11.7 Å². The molecule has 2 atom stereocenters. The molecule has 2 unspecified atom stereocenters. The zero-order valence-electron chi connectivity index (χ0n) is 11.3. The molecule has 21 heavy (non-hydrogen) atoms. The van der Waals surface area contributed by atoms with Crippen LogP contribution in [-0.4, -0.2) is 23.4 Å². The summed E-state index contributed by atoms with van der Waals surface area (Å²) in [5.74, 6) is 0.143. The van der Waals surface area contributed by atoms with Gasteiger partial charge in [0, 0.05) is 21.7 Å². The van der Waals surface area contributed by atoms with E-state index < -0.39 is 4.92 Å². The first-order chi connectivity index (χ1) is 9.52. The number of nitrogens with two attached hydrogens (primary N) is 1. The number of rotatable bonds is 4. The molecule has 1 aromatic carbocycles. The Morgan fingerprint density at radius 3 is 2.76 bits per heavy atom. The van der Waals surface area contributed by atoms with E-state index in [-0.39, 0.29) is 30.0 Å². The zero-order valence-corrected chi connectivity index (χ0v) is 14.2. The lowest BCUT2D eigenvalue weighted by atomic mass is 10.0. The molecule has 1 amide bonds. The van der Waals surface area contributed by atoms with Crippen molar-refractivity contribution in [3.05, 3.63) is 37.4 Å². The van der Waals surface area contributed by atoms with Gasteiger partial charge in [-0.1, -0.05) is 6.42 Å². The van der Waals surface area contributed by atoms with Gasteiger partial charge in [-0.2, -0.15) is 0 Å². The van der Waals surface area contributed by atoms with Gasteiger partial charge in [-0.15, -0.1) is 12.4 Å². The number of nitrogens with one attached hydrogen (secondary N) is 1. The number of carbonyl (C=O) groups is 1. The van der Waals surface area contributed by atoms with Gasteiger partial charge >= 0.3 is 0 Å². The van der Waals surface area contributed by atoms with Crippen LogP contribution >= 0.6 is 35.0 Å². The van der Waals surface area contributed by atoms with Crippen LogP contribution < -0.4 is 11.1 Å². The maximum absolute atomic E-state index is 12.2. The summed E-state index contributed by atoms with van der Waals surface area (Å²) in [6.07, 6.45) is 3.06. The number of carbonyl (C=O) groups excluding carboxylic acids is 1. The van der Waals surface area contributed by atoms with Crippen LogP contribution in [-0.2, 0) is 0 Å². The number of hydrogen-bond donors (Lipinski definition) is 2. The van der Waals surface area contributed by atoms with Crippen LogP contribution in [0.3, 0.4) is 0 Å². The highest BCUT2D eigenvalue weighted by Gasteiger charge is 2.28. The van der Waals surface area contributed by atoms with Crippen LogP contribution in [0.25, 0.3) is 0 Å². The summed E-state index contributed by atoms with van der Waals surface area (Å²) in [6, 6.07) is 4.37. The van der Waals surface area contributed by atoms with Crippen LogP contribution in [0.1, 0.15) is 29.6 Å². The fraction of sp³-hybridized carbons (Fsp3) is 0.462. The number of nitro groups is 1. The summed E-state index contributed by atoms with van der Waals surface area (Å²) < 4.78 is 0.580. The molecule has 0 aliphatic heterocycles.